The minimum Gasteiger partial charge on any atom is -0.497 e. The van der Waals surface area contributed by atoms with Gasteiger partial charge in [0, 0.05) is 12.1 Å². The molecule has 0 atom stereocenters. The summed E-state index contributed by atoms with van der Waals surface area (Å²) in [5, 5.41) is 7.64. The number of rotatable bonds is 3. The molecule has 0 aliphatic heterocycles. The predicted molar refractivity (Wildman–Crippen MR) is 64.8 cm³/mol. The fourth-order valence-corrected chi connectivity index (χ4v) is 1.56. The molecule has 0 saturated carbocycles. The van der Waals surface area contributed by atoms with Crippen LogP contribution in [0.1, 0.15) is 5.56 Å². The molecule has 0 bridgehead atoms. The molecule has 1 heterocycles. The Hall–Kier alpha value is -1.81. The van der Waals surface area contributed by atoms with Gasteiger partial charge in [0.25, 0.3) is 0 Å². The number of aromatic nitrogens is 2. The number of ether oxygens (including phenoxy) is 2. The molecule has 5 heteroatoms. The SMILES string of the molecule is COc1cc(C)cc(Oc2cnnc(Cl)c2)c1. The Kier molecular flexibility index (Phi) is 3.44. The first-order valence-corrected chi connectivity index (χ1v) is 5.37. The van der Waals surface area contributed by atoms with Crippen LogP contribution < -0.4 is 9.47 Å². The average molecular weight is 251 g/mol. The van der Waals surface area contributed by atoms with Crippen LogP contribution in [0.25, 0.3) is 0 Å². The number of nitrogens with zero attached hydrogens (tertiary/aromatic N) is 2. The van der Waals surface area contributed by atoms with Gasteiger partial charge < -0.3 is 9.47 Å². The second-order valence-electron chi connectivity index (χ2n) is 3.50. The number of aryl methyl sites for hydroxylation is 1. The van der Waals surface area contributed by atoms with Crippen LogP contribution in [0, 0.1) is 6.92 Å². The molecule has 0 spiro atoms. The lowest BCUT2D eigenvalue weighted by Crippen LogP contribution is -1.90. The number of benzene rings is 1. The normalized spacial score (nSPS) is 10.1. The molecule has 2 rings (SSSR count). The van der Waals surface area contributed by atoms with E-state index in [9.17, 15) is 0 Å². The molecule has 0 unspecified atom stereocenters. The predicted octanol–water partition coefficient (Wildman–Crippen LogP) is 3.24. The summed E-state index contributed by atoms with van der Waals surface area (Å²) in [5.41, 5.74) is 1.05. The number of halogens is 1. The second kappa shape index (κ2) is 5.01. The monoisotopic (exact) mass is 250 g/mol. The van der Waals surface area contributed by atoms with Crippen molar-refractivity contribution >= 4 is 11.6 Å². The van der Waals surface area contributed by atoms with Crippen LogP contribution in [0.15, 0.2) is 30.5 Å². The van der Waals surface area contributed by atoms with Gasteiger partial charge >= 0.3 is 0 Å². The van der Waals surface area contributed by atoms with Crippen molar-refractivity contribution in [3.63, 3.8) is 0 Å². The fourth-order valence-electron chi connectivity index (χ4n) is 1.41. The Morgan fingerprint density at radius 2 is 1.82 bits per heavy atom. The van der Waals surface area contributed by atoms with Gasteiger partial charge in [0.05, 0.1) is 13.3 Å². The smallest absolute Gasteiger partial charge is 0.155 e. The van der Waals surface area contributed by atoms with Crippen molar-refractivity contribution < 1.29 is 9.47 Å². The maximum atomic E-state index is 5.72. The van der Waals surface area contributed by atoms with E-state index in [2.05, 4.69) is 10.2 Å². The fraction of sp³-hybridized carbons (Fsp3) is 0.167. The van der Waals surface area contributed by atoms with Crippen molar-refractivity contribution in [2.45, 2.75) is 6.92 Å². The Morgan fingerprint density at radius 1 is 1.06 bits per heavy atom. The van der Waals surface area contributed by atoms with E-state index in [0.717, 1.165) is 11.3 Å². The summed E-state index contributed by atoms with van der Waals surface area (Å²) in [6.45, 7) is 1.97. The Labute approximate surface area is 104 Å². The first-order valence-electron chi connectivity index (χ1n) is 4.99. The molecule has 0 amide bonds. The summed E-state index contributed by atoms with van der Waals surface area (Å²) < 4.78 is 10.8. The van der Waals surface area contributed by atoms with E-state index in [0.29, 0.717) is 16.7 Å². The number of methoxy groups -OCH3 is 1. The number of hydrogen-bond donors (Lipinski definition) is 0. The molecule has 1 aromatic heterocycles. The number of hydrogen-bond acceptors (Lipinski definition) is 4. The van der Waals surface area contributed by atoms with Crippen LogP contribution in [-0.2, 0) is 0 Å². The third-order valence-corrected chi connectivity index (χ3v) is 2.28. The molecule has 0 aliphatic rings. The molecule has 0 fully saturated rings. The summed E-state index contributed by atoms with van der Waals surface area (Å²) >= 11 is 5.72. The highest BCUT2D eigenvalue weighted by Gasteiger charge is 2.03. The van der Waals surface area contributed by atoms with Crippen molar-refractivity contribution in [2.24, 2.45) is 0 Å². The molecule has 4 nitrogen and oxygen atoms in total. The molecular weight excluding hydrogens is 240 g/mol. The molecule has 0 aliphatic carbocycles. The van der Waals surface area contributed by atoms with E-state index in [-0.39, 0.29) is 0 Å². The van der Waals surface area contributed by atoms with Gasteiger partial charge in [-0.1, -0.05) is 11.6 Å². The van der Waals surface area contributed by atoms with Gasteiger partial charge in [-0.25, -0.2) is 0 Å². The first kappa shape index (κ1) is 11.7. The maximum absolute atomic E-state index is 5.72. The van der Waals surface area contributed by atoms with Gasteiger partial charge in [-0.3, -0.25) is 0 Å². The van der Waals surface area contributed by atoms with Crippen LogP contribution in [0.3, 0.4) is 0 Å². The Morgan fingerprint density at radius 3 is 2.53 bits per heavy atom. The van der Waals surface area contributed by atoms with Gasteiger partial charge in [-0.2, -0.15) is 5.10 Å². The second-order valence-corrected chi connectivity index (χ2v) is 3.89. The zero-order valence-corrected chi connectivity index (χ0v) is 10.2. The van der Waals surface area contributed by atoms with Crippen LogP contribution in [0.5, 0.6) is 17.2 Å². The van der Waals surface area contributed by atoms with Crippen LogP contribution >= 0.6 is 11.6 Å². The molecule has 88 valence electrons. The van der Waals surface area contributed by atoms with Crippen LogP contribution in [-0.4, -0.2) is 17.3 Å². The molecule has 0 N–H and O–H groups in total. The lowest BCUT2D eigenvalue weighted by molar-refractivity contribution is 0.408. The zero-order chi connectivity index (χ0) is 12.3. The highest BCUT2D eigenvalue weighted by Crippen LogP contribution is 2.27. The molecule has 0 radical (unpaired) electrons. The molecular formula is C12H11ClN2O2. The third kappa shape index (κ3) is 3.07. The van der Waals surface area contributed by atoms with Gasteiger partial charge in [-0.15, -0.1) is 5.10 Å². The summed E-state index contributed by atoms with van der Waals surface area (Å²) in [7, 11) is 1.61. The summed E-state index contributed by atoms with van der Waals surface area (Å²) in [5.74, 6) is 1.96. The van der Waals surface area contributed by atoms with Gasteiger partial charge in [0.1, 0.15) is 11.5 Å². The van der Waals surface area contributed by atoms with Gasteiger partial charge in [-0.05, 0) is 24.6 Å². The zero-order valence-electron chi connectivity index (χ0n) is 9.48. The van der Waals surface area contributed by atoms with Crippen molar-refractivity contribution in [2.75, 3.05) is 7.11 Å². The third-order valence-electron chi connectivity index (χ3n) is 2.10. The topological polar surface area (TPSA) is 44.2 Å². The lowest BCUT2D eigenvalue weighted by atomic mass is 10.2. The van der Waals surface area contributed by atoms with E-state index < -0.39 is 0 Å². The van der Waals surface area contributed by atoms with E-state index in [4.69, 9.17) is 21.1 Å². The minimum absolute atomic E-state index is 0.294. The molecule has 0 saturated heterocycles. The van der Waals surface area contributed by atoms with Crippen LogP contribution in [0.4, 0.5) is 0 Å². The van der Waals surface area contributed by atoms with Crippen molar-refractivity contribution in [1.29, 1.82) is 0 Å². The lowest BCUT2D eigenvalue weighted by Gasteiger charge is -2.08. The minimum atomic E-state index is 0.294. The van der Waals surface area contributed by atoms with Gasteiger partial charge in [0.15, 0.2) is 10.9 Å². The van der Waals surface area contributed by atoms with E-state index >= 15 is 0 Å². The van der Waals surface area contributed by atoms with Crippen LogP contribution in [0.2, 0.25) is 5.15 Å². The van der Waals surface area contributed by atoms with Gasteiger partial charge in [0.2, 0.25) is 0 Å². The van der Waals surface area contributed by atoms with E-state index in [1.54, 1.807) is 19.2 Å². The van der Waals surface area contributed by atoms with E-state index in [1.807, 2.05) is 19.1 Å². The standard InChI is InChI=1S/C12H11ClN2O2/c1-8-3-9(16-2)5-10(4-8)17-11-6-12(13)15-14-7-11/h3-7H,1-2H3. The summed E-state index contributed by atoms with van der Waals surface area (Å²) in [6.07, 6.45) is 1.50. The Bertz CT molecular complexity index is 532. The van der Waals surface area contributed by atoms with Crippen molar-refractivity contribution in [3.8, 4) is 17.2 Å². The van der Waals surface area contributed by atoms with E-state index in [1.165, 1.54) is 6.20 Å². The highest BCUT2D eigenvalue weighted by atomic mass is 35.5. The van der Waals surface area contributed by atoms with Crippen molar-refractivity contribution in [1.82, 2.24) is 10.2 Å². The first-order chi connectivity index (χ1) is 8.17. The highest BCUT2D eigenvalue weighted by molar-refractivity contribution is 6.29. The Balaban J connectivity index is 2.26. The molecule has 2 aromatic rings. The quantitative estimate of drug-likeness (QED) is 0.839. The molecule has 1 aromatic carbocycles. The summed E-state index contributed by atoms with van der Waals surface area (Å²) in [4.78, 5) is 0. The average Bonchev–Trinajstić information content (AvgIpc) is 2.28. The largest absolute Gasteiger partial charge is 0.497 e. The summed E-state index contributed by atoms with van der Waals surface area (Å²) in [6, 6.07) is 7.21. The van der Waals surface area contributed by atoms with Crippen molar-refractivity contribution in [3.05, 3.63) is 41.2 Å². The maximum Gasteiger partial charge on any atom is 0.155 e. The molecule has 17 heavy (non-hydrogen) atoms.